The number of aromatic nitrogens is 3. The average molecular weight is 290 g/mol. The number of nitrogens with zero attached hydrogens (tertiary/aromatic N) is 3. The van der Waals surface area contributed by atoms with Gasteiger partial charge >= 0.3 is 0 Å². The van der Waals surface area contributed by atoms with Crippen molar-refractivity contribution in [3.05, 3.63) is 21.6 Å². The van der Waals surface area contributed by atoms with Crippen LogP contribution in [-0.2, 0) is 5.41 Å². The Hall–Kier alpha value is -1.49. The summed E-state index contributed by atoms with van der Waals surface area (Å²) in [6.07, 6.45) is 0. The molecule has 0 radical (unpaired) electrons. The molecule has 5 heteroatoms. The lowest BCUT2D eigenvalue weighted by atomic mass is 9.98. The van der Waals surface area contributed by atoms with Crippen LogP contribution in [-0.4, -0.2) is 15.0 Å². The predicted octanol–water partition coefficient (Wildman–Crippen LogP) is 3.91. The highest BCUT2D eigenvalue weighted by Gasteiger charge is 2.20. The van der Waals surface area contributed by atoms with E-state index in [-0.39, 0.29) is 5.41 Å². The second-order valence-electron chi connectivity index (χ2n) is 6.37. The summed E-state index contributed by atoms with van der Waals surface area (Å²) in [7, 11) is 0. The summed E-state index contributed by atoms with van der Waals surface area (Å²) in [5, 5.41) is 3.09. The van der Waals surface area contributed by atoms with Crippen molar-refractivity contribution in [3.63, 3.8) is 0 Å². The van der Waals surface area contributed by atoms with Gasteiger partial charge in [0.25, 0.3) is 0 Å². The molecule has 0 spiro atoms. The molecule has 0 saturated heterocycles. The van der Waals surface area contributed by atoms with E-state index >= 15 is 0 Å². The highest BCUT2D eigenvalue weighted by atomic mass is 32.1. The minimum Gasteiger partial charge on any atom is -0.383 e. The third-order valence-corrected chi connectivity index (χ3v) is 4.39. The van der Waals surface area contributed by atoms with Gasteiger partial charge in [-0.05, 0) is 12.8 Å². The Morgan fingerprint density at radius 3 is 2.25 bits per heavy atom. The van der Waals surface area contributed by atoms with Crippen LogP contribution in [0.3, 0.4) is 0 Å². The third-order valence-electron chi connectivity index (χ3n) is 3.12. The number of nitrogens with two attached hydrogens (primary N) is 1. The monoisotopic (exact) mass is 290 g/mol. The lowest BCUT2D eigenvalue weighted by Crippen LogP contribution is -2.10. The van der Waals surface area contributed by atoms with Crippen LogP contribution >= 0.6 is 11.3 Å². The Bertz CT molecular complexity index is 600. The highest BCUT2D eigenvalue weighted by Crippen LogP contribution is 2.30. The Labute approximate surface area is 124 Å². The second kappa shape index (κ2) is 5.13. The number of thiazole rings is 1. The van der Waals surface area contributed by atoms with Gasteiger partial charge < -0.3 is 5.73 Å². The molecule has 0 aliphatic carbocycles. The number of hydrogen-bond donors (Lipinski definition) is 1. The molecule has 20 heavy (non-hydrogen) atoms. The quantitative estimate of drug-likeness (QED) is 0.910. The SMILES string of the molecule is Cc1nc(-c2csc(C(C)(C)C)n2)nc(N)c1C(C)C. The number of anilines is 1. The summed E-state index contributed by atoms with van der Waals surface area (Å²) in [4.78, 5) is 13.7. The maximum atomic E-state index is 6.08. The zero-order valence-corrected chi connectivity index (χ0v) is 13.8. The molecule has 0 aliphatic heterocycles. The maximum absolute atomic E-state index is 6.08. The topological polar surface area (TPSA) is 64.7 Å². The fourth-order valence-electron chi connectivity index (χ4n) is 2.15. The smallest absolute Gasteiger partial charge is 0.181 e. The minimum atomic E-state index is 0.0430. The van der Waals surface area contributed by atoms with Gasteiger partial charge in [0.2, 0.25) is 0 Å². The molecule has 2 N–H and O–H groups in total. The Morgan fingerprint density at radius 2 is 1.80 bits per heavy atom. The van der Waals surface area contributed by atoms with Gasteiger partial charge in [-0.1, -0.05) is 34.6 Å². The molecule has 2 aromatic rings. The van der Waals surface area contributed by atoms with Crippen molar-refractivity contribution in [2.45, 2.75) is 52.9 Å². The molecule has 0 atom stereocenters. The molecule has 0 unspecified atom stereocenters. The number of aryl methyl sites for hydroxylation is 1. The molecule has 2 heterocycles. The van der Waals surface area contributed by atoms with E-state index in [0.29, 0.717) is 17.6 Å². The standard InChI is InChI=1S/C15H22N4S/c1-8(2)11-9(3)17-13(19-12(11)16)10-7-20-14(18-10)15(4,5)6/h7-8H,1-6H3,(H2,16,17,19). The van der Waals surface area contributed by atoms with E-state index in [1.165, 1.54) is 0 Å². The zero-order chi connectivity index (χ0) is 15.1. The molecule has 4 nitrogen and oxygen atoms in total. The summed E-state index contributed by atoms with van der Waals surface area (Å²) in [5.41, 5.74) is 8.90. The van der Waals surface area contributed by atoms with E-state index in [1.54, 1.807) is 11.3 Å². The summed E-state index contributed by atoms with van der Waals surface area (Å²) < 4.78 is 0. The number of nitrogen functional groups attached to an aromatic ring is 1. The Morgan fingerprint density at radius 1 is 1.15 bits per heavy atom. The van der Waals surface area contributed by atoms with Gasteiger partial charge in [0.1, 0.15) is 11.5 Å². The van der Waals surface area contributed by atoms with E-state index in [2.05, 4.69) is 49.6 Å². The molecular formula is C15H22N4S. The van der Waals surface area contributed by atoms with Gasteiger partial charge in [-0.15, -0.1) is 11.3 Å². The number of rotatable bonds is 2. The van der Waals surface area contributed by atoms with Crippen LogP contribution in [0.2, 0.25) is 0 Å². The first-order chi connectivity index (χ1) is 9.20. The summed E-state index contributed by atoms with van der Waals surface area (Å²) in [6, 6.07) is 0. The first-order valence-electron chi connectivity index (χ1n) is 6.80. The largest absolute Gasteiger partial charge is 0.383 e. The van der Waals surface area contributed by atoms with Crippen LogP contribution in [0.1, 0.15) is 56.8 Å². The maximum Gasteiger partial charge on any atom is 0.181 e. The fraction of sp³-hybridized carbons (Fsp3) is 0.533. The van der Waals surface area contributed by atoms with Gasteiger partial charge in [0.05, 0.1) is 5.01 Å². The first-order valence-corrected chi connectivity index (χ1v) is 7.68. The van der Waals surface area contributed by atoms with E-state index in [1.807, 2.05) is 12.3 Å². The van der Waals surface area contributed by atoms with Gasteiger partial charge in [0.15, 0.2) is 5.82 Å². The van der Waals surface area contributed by atoms with Crippen LogP contribution < -0.4 is 5.73 Å². The molecule has 2 aromatic heterocycles. The van der Waals surface area contributed by atoms with Crippen LogP contribution in [0.4, 0.5) is 5.82 Å². The first kappa shape index (κ1) is 14.9. The van der Waals surface area contributed by atoms with Crippen molar-refractivity contribution in [2.24, 2.45) is 0 Å². The molecular weight excluding hydrogens is 268 g/mol. The average Bonchev–Trinajstić information content (AvgIpc) is 2.75. The fourth-order valence-corrected chi connectivity index (χ4v) is 3.04. The summed E-state index contributed by atoms with van der Waals surface area (Å²) in [6.45, 7) is 12.6. The van der Waals surface area contributed by atoms with Crippen molar-refractivity contribution >= 4 is 17.2 Å². The van der Waals surface area contributed by atoms with Crippen molar-refractivity contribution < 1.29 is 0 Å². The second-order valence-corrected chi connectivity index (χ2v) is 7.23. The van der Waals surface area contributed by atoms with Crippen molar-refractivity contribution in [1.82, 2.24) is 15.0 Å². The van der Waals surface area contributed by atoms with Crippen molar-refractivity contribution in [1.29, 1.82) is 0 Å². The van der Waals surface area contributed by atoms with Crippen molar-refractivity contribution in [3.8, 4) is 11.5 Å². The number of hydrogen-bond acceptors (Lipinski definition) is 5. The lowest BCUT2D eigenvalue weighted by Gasteiger charge is -2.14. The normalized spacial score (nSPS) is 12.2. The van der Waals surface area contributed by atoms with Gasteiger partial charge in [0, 0.05) is 22.1 Å². The molecule has 0 aromatic carbocycles. The van der Waals surface area contributed by atoms with Crippen molar-refractivity contribution in [2.75, 3.05) is 5.73 Å². The molecule has 2 rings (SSSR count). The Balaban J connectivity index is 2.47. The van der Waals surface area contributed by atoms with E-state index in [0.717, 1.165) is 22.0 Å². The summed E-state index contributed by atoms with van der Waals surface area (Å²) in [5.74, 6) is 1.51. The molecule has 0 fully saturated rings. The highest BCUT2D eigenvalue weighted by molar-refractivity contribution is 7.10. The predicted molar refractivity (Wildman–Crippen MR) is 85.1 cm³/mol. The Kier molecular flexibility index (Phi) is 3.82. The van der Waals surface area contributed by atoms with E-state index < -0.39 is 0 Å². The molecule has 0 bridgehead atoms. The molecule has 0 amide bonds. The van der Waals surface area contributed by atoms with Gasteiger partial charge in [-0.3, -0.25) is 0 Å². The van der Waals surface area contributed by atoms with Gasteiger partial charge in [-0.25, -0.2) is 15.0 Å². The van der Waals surface area contributed by atoms with Gasteiger partial charge in [-0.2, -0.15) is 0 Å². The molecule has 0 saturated carbocycles. The van der Waals surface area contributed by atoms with E-state index in [4.69, 9.17) is 5.73 Å². The lowest BCUT2D eigenvalue weighted by molar-refractivity contribution is 0.586. The van der Waals surface area contributed by atoms with Crippen LogP contribution in [0.25, 0.3) is 11.5 Å². The molecule has 108 valence electrons. The third kappa shape index (κ3) is 2.82. The van der Waals surface area contributed by atoms with Crippen LogP contribution in [0, 0.1) is 6.92 Å². The van der Waals surface area contributed by atoms with Crippen LogP contribution in [0.15, 0.2) is 5.38 Å². The zero-order valence-electron chi connectivity index (χ0n) is 13.0. The molecule has 0 aliphatic rings. The summed E-state index contributed by atoms with van der Waals surface area (Å²) >= 11 is 1.64. The van der Waals surface area contributed by atoms with Crippen LogP contribution in [0.5, 0.6) is 0 Å². The van der Waals surface area contributed by atoms with E-state index in [9.17, 15) is 0 Å². The minimum absolute atomic E-state index is 0.0430.